The maximum absolute atomic E-state index is 12.0. The number of nitrogens with one attached hydrogen (secondary N) is 1. The van der Waals surface area contributed by atoms with Crippen LogP contribution in [0.4, 0.5) is 0 Å². The summed E-state index contributed by atoms with van der Waals surface area (Å²) in [6, 6.07) is 10.8. The molecule has 3 atom stereocenters. The van der Waals surface area contributed by atoms with Crippen molar-refractivity contribution in [2.45, 2.75) is 45.1 Å². The van der Waals surface area contributed by atoms with E-state index in [0.29, 0.717) is 23.3 Å². The van der Waals surface area contributed by atoms with E-state index in [9.17, 15) is 19.8 Å². The van der Waals surface area contributed by atoms with Crippen molar-refractivity contribution in [2.24, 2.45) is 5.92 Å². The van der Waals surface area contributed by atoms with Crippen LogP contribution in [0, 0.1) is 5.92 Å². The van der Waals surface area contributed by atoms with Crippen LogP contribution >= 0.6 is 0 Å². The minimum Gasteiger partial charge on any atom is -0.496 e. The highest BCUT2D eigenvalue weighted by atomic mass is 16.5. The molecule has 0 fully saturated rings. The molecule has 176 valence electrons. The number of fused-ring (bicyclic) bond motifs is 1. The third-order valence-corrected chi connectivity index (χ3v) is 6.20. The van der Waals surface area contributed by atoms with Crippen LogP contribution in [0.15, 0.2) is 42.6 Å². The van der Waals surface area contributed by atoms with Crippen LogP contribution in [0.2, 0.25) is 0 Å². The van der Waals surface area contributed by atoms with Crippen molar-refractivity contribution in [3.63, 3.8) is 0 Å². The summed E-state index contributed by atoms with van der Waals surface area (Å²) in [6.45, 7) is 3.86. The highest BCUT2D eigenvalue weighted by molar-refractivity contribution is 5.90. The van der Waals surface area contributed by atoms with Gasteiger partial charge in [0.15, 0.2) is 0 Å². The van der Waals surface area contributed by atoms with Crippen molar-refractivity contribution in [2.75, 3.05) is 14.2 Å². The van der Waals surface area contributed by atoms with E-state index in [1.807, 2.05) is 24.4 Å². The molecule has 3 aromatic rings. The number of methoxy groups -OCH3 is 2. The van der Waals surface area contributed by atoms with Crippen molar-refractivity contribution < 1.29 is 29.3 Å². The molecule has 1 aromatic heterocycles. The molecular formula is C26H31NO6. The van der Waals surface area contributed by atoms with Gasteiger partial charge in [-0.05, 0) is 48.2 Å². The van der Waals surface area contributed by atoms with Crippen LogP contribution < -0.4 is 4.74 Å². The predicted molar refractivity (Wildman–Crippen MR) is 126 cm³/mol. The van der Waals surface area contributed by atoms with Crippen molar-refractivity contribution in [1.82, 2.24) is 4.98 Å². The first-order chi connectivity index (χ1) is 15.9. The molecule has 7 heteroatoms. The number of carboxylic acid groups (broad SMARTS) is 1. The zero-order chi connectivity index (χ0) is 24.1. The smallest absolute Gasteiger partial charge is 0.337 e. The summed E-state index contributed by atoms with van der Waals surface area (Å²) in [6.07, 6.45) is 2.93. The molecule has 33 heavy (non-hydrogen) atoms. The van der Waals surface area contributed by atoms with Crippen LogP contribution in [0.25, 0.3) is 10.9 Å². The summed E-state index contributed by atoms with van der Waals surface area (Å²) < 4.78 is 10.5. The number of rotatable bonds is 10. The molecule has 0 aliphatic rings. The Morgan fingerprint density at radius 1 is 1.06 bits per heavy atom. The number of carbonyl (C=O) groups excluding carboxylic acids is 1. The fourth-order valence-electron chi connectivity index (χ4n) is 4.41. The lowest BCUT2D eigenvalue weighted by Crippen LogP contribution is -2.21. The Bertz CT molecular complexity index is 1140. The molecule has 3 unspecified atom stereocenters. The van der Waals surface area contributed by atoms with E-state index in [2.05, 4.69) is 11.9 Å². The first kappa shape index (κ1) is 24.3. The second kappa shape index (κ2) is 10.5. The van der Waals surface area contributed by atoms with Gasteiger partial charge in [-0.2, -0.15) is 0 Å². The fourth-order valence-corrected chi connectivity index (χ4v) is 4.41. The SMILES string of the molecule is CCCC(c1ccc(C(=O)OC)cc1OC)c1c[nH]c2ccc(C(O)C(CC)C(=O)O)cc12. The monoisotopic (exact) mass is 453 g/mol. The van der Waals surface area contributed by atoms with Crippen LogP contribution in [-0.2, 0) is 9.53 Å². The third kappa shape index (κ3) is 4.88. The van der Waals surface area contributed by atoms with E-state index in [1.54, 1.807) is 32.2 Å². The molecule has 3 rings (SSSR count). The molecule has 0 aliphatic heterocycles. The highest BCUT2D eigenvalue weighted by Crippen LogP contribution is 2.40. The largest absolute Gasteiger partial charge is 0.496 e. The Labute approximate surface area is 193 Å². The number of aromatic nitrogens is 1. The van der Waals surface area contributed by atoms with Crippen LogP contribution in [0.1, 0.15) is 72.2 Å². The second-order valence-electron chi connectivity index (χ2n) is 8.14. The summed E-state index contributed by atoms with van der Waals surface area (Å²) in [7, 11) is 2.91. The van der Waals surface area contributed by atoms with Gasteiger partial charge < -0.3 is 24.7 Å². The molecular weight excluding hydrogens is 422 g/mol. The van der Waals surface area contributed by atoms with Crippen molar-refractivity contribution in [1.29, 1.82) is 0 Å². The summed E-state index contributed by atoms with van der Waals surface area (Å²) in [5.41, 5.74) is 3.85. The van der Waals surface area contributed by atoms with Gasteiger partial charge >= 0.3 is 11.9 Å². The zero-order valence-corrected chi connectivity index (χ0v) is 19.4. The average molecular weight is 454 g/mol. The number of benzene rings is 2. The summed E-state index contributed by atoms with van der Waals surface area (Å²) in [4.78, 5) is 26.8. The molecule has 7 nitrogen and oxygen atoms in total. The number of aliphatic carboxylic acids is 1. The van der Waals surface area contributed by atoms with E-state index in [-0.39, 0.29) is 5.92 Å². The maximum Gasteiger partial charge on any atom is 0.337 e. The number of carbonyl (C=O) groups is 2. The molecule has 0 bridgehead atoms. The molecule has 0 saturated heterocycles. The number of esters is 1. The van der Waals surface area contributed by atoms with Gasteiger partial charge in [0.05, 0.1) is 31.8 Å². The number of hydrogen-bond acceptors (Lipinski definition) is 5. The Hall–Kier alpha value is -3.32. The number of aliphatic hydroxyl groups excluding tert-OH is 1. The van der Waals surface area contributed by atoms with Gasteiger partial charge in [-0.3, -0.25) is 4.79 Å². The van der Waals surface area contributed by atoms with Crippen LogP contribution in [0.5, 0.6) is 5.75 Å². The first-order valence-electron chi connectivity index (χ1n) is 11.1. The van der Waals surface area contributed by atoms with E-state index < -0.39 is 24.0 Å². The number of aromatic amines is 1. The van der Waals surface area contributed by atoms with E-state index in [1.165, 1.54) is 7.11 Å². The van der Waals surface area contributed by atoms with Gasteiger partial charge in [0.25, 0.3) is 0 Å². The Balaban J connectivity index is 2.10. The van der Waals surface area contributed by atoms with Crippen molar-refractivity contribution in [3.8, 4) is 5.75 Å². The molecule has 0 amide bonds. The lowest BCUT2D eigenvalue weighted by Gasteiger charge is -2.21. The average Bonchev–Trinajstić information content (AvgIpc) is 3.24. The maximum atomic E-state index is 12.0. The number of carboxylic acids is 1. The van der Waals surface area contributed by atoms with Crippen LogP contribution in [-0.4, -0.2) is 41.4 Å². The first-order valence-corrected chi connectivity index (χ1v) is 11.1. The lowest BCUT2D eigenvalue weighted by molar-refractivity contribution is -0.146. The zero-order valence-electron chi connectivity index (χ0n) is 19.4. The normalized spacial score (nSPS) is 14.0. The summed E-state index contributed by atoms with van der Waals surface area (Å²) in [5, 5.41) is 21.1. The van der Waals surface area contributed by atoms with Gasteiger partial charge in [0, 0.05) is 28.6 Å². The van der Waals surface area contributed by atoms with Gasteiger partial charge in [-0.1, -0.05) is 32.4 Å². The summed E-state index contributed by atoms with van der Waals surface area (Å²) >= 11 is 0. The van der Waals surface area contributed by atoms with Crippen molar-refractivity contribution in [3.05, 3.63) is 64.8 Å². The van der Waals surface area contributed by atoms with E-state index >= 15 is 0 Å². The van der Waals surface area contributed by atoms with Crippen LogP contribution in [0.3, 0.4) is 0 Å². The minimum absolute atomic E-state index is 0.0285. The molecule has 0 saturated carbocycles. The Morgan fingerprint density at radius 3 is 2.42 bits per heavy atom. The van der Waals surface area contributed by atoms with Gasteiger partial charge in [0.2, 0.25) is 0 Å². The molecule has 2 aromatic carbocycles. The molecule has 1 heterocycles. The second-order valence-corrected chi connectivity index (χ2v) is 8.14. The van der Waals surface area contributed by atoms with E-state index in [4.69, 9.17) is 9.47 Å². The topological polar surface area (TPSA) is 109 Å². The lowest BCUT2D eigenvalue weighted by atomic mass is 9.85. The number of hydrogen-bond donors (Lipinski definition) is 3. The quantitative estimate of drug-likeness (QED) is 0.371. The van der Waals surface area contributed by atoms with Gasteiger partial charge in [-0.25, -0.2) is 4.79 Å². The predicted octanol–water partition coefficient (Wildman–Crippen LogP) is 5.04. The number of ether oxygens (including phenoxy) is 2. The molecule has 0 spiro atoms. The summed E-state index contributed by atoms with van der Waals surface area (Å²) in [5.74, 6) is -1.75. The molecule has 0 radical (unpaired) electrons. The molecule has 3 N–H and O–H groups in total. The number of H-pyrrole nitrogens is 1. The fraction of sp³-hybridized carbons (Fsp3) is 0.385. The molecule has 0 aliphatic carbocycles. The van der Waals surface area contributed by atoms with Crippen molar-refractivity contribution >= 4 is 22.8 Å². The highest BCUT2D eigenvalue weighted by Gasteiger charge is 2.27. The van der Waals surface area contributed by atoms with Gasteiger partial charge in [0.1, 0.15) is 5.75 Å². The minimum atomic E-state index is -1.10. The van der Waals surface area contributed by atoms with Gasteiger partial charge in [-0.15, -0.1) is 0 Å². The third-order valence-electron chi connectivity index (χ3n) is 6.20. The number of aliphatic hydroxyl groups is 1. The van der Waals surface area contributed by atoms with E-state index in [0.717, 1.165) is 34.9 Å². The Kier molecular flexibility index (Phi) is 7.76. The Morgan fingerprint density at radius 2 is 1.82 bits per heavy atom. The standard InChI is InChI=1S/C26H31NO6/c1-5-7-18(19-10-8-16(26(31)33-4)13-23(19)32-3)21-14-27-22-11-9-15(12-20(21)22)24(28)17(6-2)25(29)30/h8-14,17-18,24,27-28H,5-7H2,1-4H3,(H,29,30).